The van der Waals surface area contributed by atoms with Crippen LogP contribution in [0.5, 0.6) is 0 Å². The topological polar surface area (TPSA) is 64.3 Å². The highest BCUT2D eigenvalue weighted by Crippen LogP contribution is 2.25. The number of amides is 1. The van der Waals surface area contributed by atoms with Gasteiger partial charge in [-0.25, -0.2) is 0 Å². The SMILES string of the molecule is CC1CN(C(=O)c2ccccc2SCC#N)CCC1O. The van der Waals surface area contributed by atoms with Gasteiger partial charge in [0.25, 0.3) is 5.91 Å². The first-order valence-corrected chi connectivity index (χ1v) is 7.68. The number of likely N-dealkylation sites (tertiary alicyclic amines) is 1. The number of nitrogens with zero attached hydrogens (tertiary/aromatic N) is 2. The van der Waals surface area contributed by atoms with Gasteiger partial charge < -0.3 is 10.0 Å². The Kier molecular flexibility index (Phi) is 5.05. The fourth-order valence-corrected chi connectivity index (χ4v) is 3.07. The molecule has 2 atom stereocenters. The van der Waals surface area contributed by atoms with Crippen LogP contribution in [0.1, 0.15) is 23.7 Å². The van der Waals surface area contributed by atoms with Crippen LogP contribution in [0.25, 0.3) is 0 Å². The van der Waals surface area contributed by atoms with Crippen LogP contribution >= 0.6 is 11.8 Å². The zero-order valence-electron chi connectivity index (χ0n) is 11.5. The van der Waals surface area contributed by atoms with E-state index in [4.69, 9.17) is 5.26 Å². The molecule has 0 aliphatic carbocycles. The molecule has 0 saturated carbocycles. The maximum Gasteiger partial charge on any atom is 0.255 e. The lowest BCUT2D eigenvalue weighted by Crippen LogP contribution is -2.45. The van der Waals surface area contributed by atoms with Crippen molar-refractivity contribution in [3.05, 3.63) is 29.8 Å². The number of hydrogen-bond donors (Lipinski definition) is 1. The van der Waals surface area contributed by atoms with Gasteiger partial charge in [0.1, 0.15) is 0 Å². The second-order valence-corrected chi connectivity index (χ2v) is 6.04. The van der Waals surface area contributed by atoms with Crippen molar-refractivity contribution in [2.75, 3.05) is 18.8 Å². The van der Waals surface area contributed by atoms with Crippen LogP contribution < -0.4 is 0 Å². The molecule has 1 aliphatic heterocycles. The van der Waals surface area contributed by atoms with E-state index in [0.29, 0.717) is 30.8 Å². The smallest absolute Gasteiger partial charge is 0.255 e. The minimum Gasteiger partial charge on any atom is -0.393 e. The van der Waals surface area contributed by atoms with Gasteiger partial charge in [0, 0.05) is 18.0 Å². The van der Waals surface area contributed by atoms with E-state index in [1.165, 1.54) is 11.8 Å². The maximum atomic E-state index is 12.6. The number of nitriles is 1. The van der Waals surface area contributed by atoms with Gasteiger partial charge in [-0.2, -0.15) is 5.26 Å². The molecule has 1 amide bonds. The minimum atomic E-state index is -0.317. The van der Waals surface area contributed by atoms with Crippen LogP contribution in [0.3, 0.4) is 0 Å². The molecule has 20 heavy (non-hydrogen) atoms. The van der Waals surface area contributed by atoms with E-state index in [-0.39, 0.29) is 17.9 Å². The highest BCUT2D eigenvalue weighted by molar-refractivity contribution is 7.99. The number of benzene rings is 1. The van der Waals surface area contributed by atoms with Gasteiger partial charge in [0.2, 0.25) is 0 Å². The summed E-state index contributed by atoms with van der Waals surface area (Å²) in [6.07, 6.45) is 0.308. The fraction of sp³-hybridized carbons (Fsp3) is 0.467. The second-order valence-electron chi connectivity index (χ2n) is 5.03. The molecule has 1 heterocycles. The summed E-state index contributed by atoms with van der Waals surface area (Å²) >= 11 is 1.38. The molecule has 0 aromatic heterocycles. The molecular weight excluding hydrogens is 272 g/mol. The van der Waals surface area contributed by atoms with Crippen molar-refractivity contribution in [2.45, 2.75) is 24.3 Å². The summed E-state index contributed by atoms with van der Waals surface area (Å²) in [4.78, 5) is 15.2. The molecule has 4 nitrogen and oxygen atoms in total. The Hall–Kier alpha value is -1.51. The second kappa shape index (κ2) is 6.78. The molecule has 1 saturated heterocycles. The van der Waals surface area contributed by atoms with Crippen molar-refractivity contribution in [3.8, 4) is 6.07 Å². The van der Waals surface area contributed by atoms with Gasteiger partial charge in [-0.3, -0.25) is 4.79 Å². The minimum absolute atomic E-state index is 0.00945. The number of piperidine rings is 1. The van der Waals surface area contributed by atoms with Crippen molar-refractivity contribution in [2.24, 2.45) is 5.92 Å². The molecule has 106 valence electrons. The standard InChI is InChI=1S/C15H18N2O2S/c1-11-10-17(8-6-13(11)18)15(19)12-4-2-3-5-14(12)20-9-7-16/h2-5,11,13,18H,6,8-10H2,1H3. The van der Waals surface area contributed by atoms with Crippen LogP contribution in [0, 0.1) is 17.2 Å². The molecule has 1 aromatic rings. The number of aliphatic hydroxyl groups excluding tert-OH is 1. The van der Waals surface area contributed by atoms with E-state index in [1.807, 2.05) is 25.1 Å². The van der Waals surface area contributed by atoms with Crippen LogP contribution in [0.2, 0.25) is 0 Å². The first-order chi connectivity index (χ1) is 9.63. The Labute approximate surface area is 123 Å². The lowest BCUT2D eigenvalue weighted by atomic mass is 9.96. The molecule has 0 spiro atoms. The normalized spacial score (nSPS) is 22.4. The summed E-state index contributed by atoms with van der Waals surface area (Å²) in [6, 6.07) is 9.47. The highest BCUT2D eigenvalue weighted by Gasteiger charge is 2.28. The number of carbonyl (C=O) groups excluding carboxylic acids is 1. The van der Waals surface area contributed by atoms with Crippen molar-refractivity contribution in [1.82, 2.24) is 4.90 Å². The third-order valence-corrected chi connectivity index (χ3v) is 4.50. The van der Waals surface area contributed by atoms with Crippen LogP contribution in [-0.4, -0.2) is 40.9 Å². The third-order valence-electron chi connectivity index (χ3n) is 3.56. The first-order valence-electron chi connectivity index (χ1n) is 6.69. The maximum absolute atomic E-state index is 12.6. The average molecular weight is 290 g/mol. The van der Waals surface area contributed by atoms with Gasteiger partial charge in [0.05, 0.1) is 23.5 Å². The summed E-state index contributed by atoms with van der Waals surface area (Å²) in [5, 5.41) is 18.4. The van der Waals surface area contributed by atoms with Gasteiger partial charge in [-0.05, 0) is 24.5 Å². The van der Waals surface area contributed by atoms with Gasteiger partial charge in [-0.1, -0.05) is 19.1 Å². The summed E-state index contributed by atoms with van der Waals surface area (Å²) in [5.74, 6) is 0.427. The van der Waals surface area contributed by atoms with E-state index < -0.39 is 0 Å². The predicted octanol–water partition coefficient (Wildman–Crippen LogP) is 2.15. The van der Waals surface area contributed by atoms with Gasteiger partial charge in [0.15, 0.2) is 0 Å². The number of carbonyl (C=O) groups is 1. The Bertz CT molecular complexity index is 527. The molecule has 1 aliphatic rings. The molecule has 0 bridgehead atoms. The number of aliphatic hydroxyl groups is 1. The Balaban J connectivity index is 2.15. The Morgan fingerprint density at radius 2 is 2.30 bits per heavy atom. The summed E-state index contributed by atoms with van der Waals surface area (Å²) in [7, 11) is 0. The summed E-state index contributed by atoms with van der Waals surface area (Å²) in [5.41, 5.74) is 0.649. The summed E-state index contributed by atoms with van der Waals surface area (Å²) < 4.78 is 0. The zero-order valence-corrected chi connectivity index (χ0v) is 12.3. The quantitative estimate of drug-likeness (QED) is 0.866. The molecule has 0 radical (unpaired) electrons. The average Bonchev–Trinajstić information content (AvgIpc) is 2.47. The van der Waals surface area contributed by atoms with Gasteiger partial charge >= 0.3 is 0 Å². The van der Waals surface area contributed by atoms with Crippen LogP contribution in [0.4, 0.5) is 0 Å². The predicted molar refractivity (Wildman–Crippen MR) is 78.5 cm³/mol. The van der Waals surface area contributed by atoms with Crippen molar-refractivity contribution < 1.29 is 9.90 Å². The van der Waals surface area contributed by atoms with Crippen LogP contribution in [0.15, 0.2) is 29.2 Å². The molecule has 5 heteroatoms. The third kappa shape index (κ3) is 3.33. The Morgan fingerprint density at radius 1 is 1.55 bits per heavy atom. The number of thioether (sulfide) groups is 1. The molecule has 1 aromatic carbocycles. The van der Waals surface area contributed by atoms with E-state index >= 15 is 0 Å². The van der Waals surface area contributed by atoms with Crippen LogP contribution in [-0.2, 0) is 0 Å². The van der Waals surface area contributed by atoms with E-state index in [9.17, 15) is 9.90 Å². The zero-order chi connectivity index (χ0) is 14.5. The summed E-state index contributed by atoms with van der Waals surface area (Å²) in [6.45, 7) is 3.12. The Morgan fingerprint density at radius 3 is 3.00 bits per heavy atom. The molecule has 1 N–H and O–H groups in total. The lowest BCUT2D eigenvalue weighted by Gasteiger charge is -2.34. The largest absolute Gasteiger partial charge is 0.393 e. The van der Waals surface area contributed by atoms with Crippen molar-refractivity contribution in [1.29, 1.82) is 5.26 Å². The van der Waals surface area contributed by atoms with Crippen molar-refractivity contribution in [3.63, 3.8) is 0 Å². The number of hydrogen-bond acceptors (Lipinski definition) is 4. The van der Waals surface area contributed by atoms with E-state index in [0.717, 1.165) is 4.90 Å². The van der Waals surface area contributed by atoms with E-state index in [2.05, 4.69) is 6.07 Å². The van der Waals surface area contributed by atoms with Crippen molar-refractivity contribution >= 4 is 17.7 Å². The van der Waals surface area contributed by atoms with E-state index in [1.54, 1.807) is 11.0 Å². The molecular formula is C15H18N2O2S. The fourth-order valence-electron chi connectivity index (χ4n) is 2.37. The lowest BCUT2D eigenvalue weighted by molar-refractivity contribution is 0.0295. The molecule has 1 fully saturated rings. The molecule has 2 rings (SSSR count). The monoisotopic (exact) mass is 290 g/mol. The van der Waals surface area contributed by atoms with Gasteiger partial charge in [-0.15, -0.1) is 11.8 Å². The highest BCUT2D eigenvalue weighted by atomic mass is 32.2. The number of rotatable bonds is 3. The first kappa shape index (κ1) is 14.9. The molecule has 2 unspecified atom stereocenters.